The highest BCUT2D eigenvalue weighted by Crippen LogP contribution is 2.35. The standard InChI is InChI=1S/C11H6ClFN2O3S/c12-9-10(18-8(17)5-16)19-11(15-9)14-7-3-1-6(13)2-4-7/h1-5H,(H,14,15). The molecule has 0 aliphatic carbocycles. The summed E-state index contributed by atoms with van der Waals surface area (Å²) in [6.07, 6.45) is 0.0309. The lowest BCUT2D eigenvalue weighted by atomic mass is 10.3. The Balaban J connectivity index is 2.13. The molecule has 2 rings (SSSR count). The summed E-state index contributed by atoms with van der Waals surface area (Å²) in [5.41, 5.74) is 0.597. The number of benzene rings is 1. The van der Waals surface area contributed by atoms with E-state index in [1.807, 2.05) is 0 Å². The van der Waals surface area contributed by atoms with E-state index >= 15 is 0 Å². The quantitative estimate of drug-likeness (QED) is 0.534. The van der Waals surface area contributed by atoms with E-state index in [1.165, 1.54) is 24.3 Å². The number of nitrogens with zero attached hydrogens (tertiary/aromatic N) is 1. The lowest BCUT2D eigenvalue weighted by molar-refractivity contribution is -0.141. The van der Waals surface area contributed by atoms with E-state index in [-0.39, 0.29) is 22.3 Å². The van der Waals surface area contributed by atoms with Gasteiger partial charge in [0.15, 0.2) is 10.3 Å². The van der Waals surface area contributed by atoms with Gasteiger partial charge in [0.05, 0.1) is 0 Å². The normalized spacial score (nSPS) is 10.0. The molecule has 19 heavy (non-hydrogen) atoms. The Bertz CT molecular complexity index is 615. The van der Waals surface area contributed by atoms with Crippen LogP contribution in [0.2, 0.25) is 5.15 Å². The van der Waals surface area contributed by atoms with Crippen LogP contribution in [0, 0.1) is 5.82 Å². The van der Waals surface area contributed by atoms with Crippen molar-refractivity contribution in [3.8, 4) is 5.06 Å². The van der Waals surface area contributed by atoms with Gasteiger partial charge in [-0.3, -0.25) is 4.79 Å². The van der Waals surface area contributed by atoms with Crippen molar-refractivity contribution in [2.45, 2.75) is 0 Å². The van der Waals surface area contributed by atoms with Crippen molar-refractivity contribution in [3.63, 3.8) is 0 Å². The molecule has 2 aromatic rings. The molecule has 0 bridgehead atoms. The summed E-state index contributed by atoms with van der Waals surface area (Å²) in [6.45, 7) is 0. The summed E-state index contributed by atoms with van der Waals surface area (Å²) < 4.78 is 17.4. The monoisotopic (exact) mass is 300 g/mol. The van der Waals surface area contributed by atoms with Gasteiger partial charge in [0.25, 0.3) is 0 Å². The molecular weight excluding hydrogens is 295 g/mol. The Kier molecular flexibility index (Phi) is 4.08. The van der Waals surface area contributed by atoms with Gasteiger partial charge in [-0.25, -0.2) is 14.2 Å². The first kappa shape index (κ1) is 13.4. The Labute approximate surface area is 116 Å². The third-order valence-corrected chi connectivity index (χ3v) is 3.16. The minimum Gasteiger partial charge on any atom is -0.406 e. The number of halogens is 2. The highest BCUT2D eigenvalue weighted by molar-refractivity contribution is 7.18. The number of rotatable bonds is 4. The predicted octanol–water partition coefficient (Wildman–Crippen LogP) is 2.78. The summed E-state index contributed by atoms with van der Waals surface area (Å²) in [7, 11) is 0. The lowest BCUT2D eigenvalue weighted by Gasteiger charge is -2.00. The third kappa shape index (κ3) is 3.49. The van der Waals surface area contributed by atoms with Crippen molar-refractivity contribution >= 4 is 46.0 Å². The molecule has 1 heterocycles. The Morgan fingerprint density at radius 2 is 2.11 bits per heavy atom. The van der Waals surface area contributed by atoms with Crippen molar-refractivity contribution in [3.05, 3.63) is 35.2 Å². The van der Waals surface area contributed by atoms with Crippen LogP contribution in [-0.4, -0.2) is 17.2 Å². The first-order valence-corrected chi connectivity index (χ1v) is 6.14. The number of nitrogens with one attached hydrogen (secondary N) is 1. The fourth-order valence-corrected chi connectivity index (χ4v) is 2.20. The largest absolute Gasteiger partial charge is 0.406 e. The van der Waals surface area contributed by atoms with Gasteiger partial charge in [-0.05, 0) is 24.3 Å². The van der Waals surface area contributed by atoms with Crippen molar-refractivity contribution < 1.29 is 18.7 Å². The molecule has 0 amide bonds. The molecule has 0 aliphatic rings. The van der Waals surface area contributed by atoms with E-state index in [0.29, 0.717) is 10.8 Å². The summed E-state index contributed by atoms with van der Waals surface area (Å²) in [4.78, 5) is 24.9. The molecule has 98 valence electrons. The van der Waals surface area contributed by atoms with Crippen LogP contribution in [0.25, 0.3) is 0 Å². The van der Waals surface area contributed by atoms with Crippen LogP contribution >= 0.6 is 22.9 Å². The number of aromatic nitrogens is 1. The summed E-state index contributed by atoms with van der Waals surface area (Å²) in [5.74, 6) is -1.41. The molecule has 0 spiro atoms. The fraction of sp³-hybridized carbons (Fsp3) is 0. The number of ether oxygens (including phenoxy) is 1. The average molecular weight is 301 g/mol. The van der Waals surface area contributed by atoms with Crippen molar-refractivity contribution in [1.29, 1.82) is 0 Å². The van der Waals surface area contributed by atoms with Gasteiger partial charge in [-0.2, -0.15) is 0 Å². The smallest absolute Gasteiger partial charge is 0.377 e. The molecule has 0 radical (unpaired) electrons. The maximum Gasteiger partial charge on any atom is 0.377 e. The average Bonchev–Trinajstić information content (AvgIpc) is 2.72. The zero-order valence-corrected chi connectivity index (χ0v) is 10.8. The van der Waals surface area contributed by atoms with E-state index in [4.69, 9.17) is 11.6 Å². The molecule has 1 N–H and O–H groups in total. The van der Waals surface area contributed by atoms with E-state index in [9.17, 15) is 14.0 Å². The highest BCUT2D eigenvalue weighted by atomic mass is 35.5. The number of anilines is 2. The van der Waals surface area contributed by atoms with Gasteiger partial charge < -0.3 is 10.1 Å². The first-order chi connectivity index (χ1) is 9.08. The van der Waals surface area contributed by atoms with E-state index in [2.05, 4.69) is 15.0 Å². The van der Waals surface area contributed by atoms with E-state index in [0.717, 1.165) is 11.3 Å². The molecule has 0 saturated heterocycles. The van der Waals surface area contributed by atoms with Crippen LogP contribution in [0.3, 0.4) is 0 Å². The van der Waals surface area contributed by atoms with Gasteiger partial charge in [-0.15, -0.1) is 0 Å². The van der Waals surface area contributed by atoms with Crippen LogP contribution in [-0.2, 0) is 9.59 Å². The maximum absolute atomic E-state index is 12.7. The van der Waals surface area contributed by atoms with Gasteiger partial charge in [0.2, 0.25) is 11.3 Å². The maximum atomic E-state index is 12.7. The molecule has 0 saturated carbocycles. The number of esters is 1. The second-order valence-electron chi connectivity index (χ2n) is 3.27. The molecule has 5 nitrogen and oxygen atoms in total. The molecule has 0 unspecified atom stereocenters. The number of thiazole rings is 1. The predicted molar refractivity (Wildman–Crippen MR) is 68.5 cm³/mol. The second-order valence-corrected chi connectivity index (χ2v) is 4.59. The second kappa shape index (κ2) is 5.77. The topological polar surface area (TPSA) is 68.3 Å². The van der Waals surface area contributed by atoms with Gasteiger partial charge >= 0.3 is 5.97 Å². The summed E-state index contributed by atoms with van der Waals surface area (Å²) >= 11 is 6.70. The minimum atomic E-state index is -1.06. The van der Waals surface area contributed by atoms with E-state index in [1.54, 1.807) is 0 Å². The van der Waals surface area contributed by atoms with Crippen LogP contribution < -0.4 is 10.1 Å². The molecule has 1 aromatic heterocycles. The van der Waals surface area contributed by atoms with Crippen molar-refractivity contribution in [2.75, 3.05) is 5.32 Å². The van der Waals surface area contributed by atoms with Gasteiger partial charge in [0, 0.05) is 5.69 Å². The van der Waals surface area contributed by atoms with Crippen LogP contribution in [0.4, 0.5) is 15.2 Å². The third-order valence-electron chi connectivity index (χ3n) is 1.94. The number of carbonyl (C=O) groups excluding carboxylic acids is 2. The fourth-order valence-electron chi connectivity index (χ4n) is 1.18. The summed E-state index contributed by atoms with van der Waals surface area (Å²) in [6, 6.07) is 5.60. The minimum absolute atomic E-state index is 0.0170. The first-order valence-electron chi connectivity index (χ1n) is 4.94. The number of hydrogen-bond acceptors (Lipinski definition) is 6. The zero-order chi connectivity index (χ0) is 13.8. The molecular formula is C11H6ClFN2O3S. The zero-order valence-electron chi connectivity index (χ0n) is 9.22. The molecule has 8 heteroatoms. The van der Waals surface area contributed by atoms with Gasteiger partial charge in [0.1, 0.15) is 5.82 Å². The van der Waals surface area contributed by atoms with E-state index < -0.39 is 5.97 Å². The van der Waals surface area contributed by atoms with Crippen LogP contribution in [0.5, 0.6) is 5.06 Å². The van der Waals surface area contributed by atoms with Crippen LogP contribution in [0.1, 0.15) is 0 Å². The van der Waals surface area contributed by atoms with Crippen molar-refractivity contribution in [1.82, 2.24) is 4.98 Å². The van der Waals surface area contributed by atoms with Crippen molar-refractivity contribution in [2.24, 2.45) is 0 Å². The van der Waals surface area contributed by atoms with Crippen LogP contribution in [0.15, 0.2) is 24.3 Å². The van der Waals surface area contributed by atoms with Gasteiger partial charge in [-0.1, -0.05) is 22.9 Å². The molecule has 0 aliphatic heterocycles. The molecule has 0 fully saturated rings. The Morgan fingerprint density at radius 1 is 1.42 bits per heavy atom. The molecule has 0 atom stereocenters. The molecule has 1 aromatic carbocycles. The Morgan fingerprint density at radius 3 is 2.74 bits per heavy atom. The number of hydrogen-bond donors (Lipinski definition) is 1. The SMILES string of the molecule is O=CC(=O)Oc1sc(Nc2ccc(F)cc2)nc1Cl. The Hall–Kier alpha value is -1.99. The highest BCUT2D eigenvalue weighted by Gasteiger charge is 2.14. The lowest BCUT2D eigenvalue weighted by Crippen LogP contribution is -2.07. The number of aldehydes is 1. The summed E-state index contributed by atoms with van der Waals surface area (Å²) in [5, 5.41) is 3.19. The number of carbonyl (C=O) groups is 2.